The van der Waals surface area contributed by atoms with E-state index in [9.17, 15) is 9.90 Å². The Morgan fingerprint density at radius 2 is 2.12 bits per heavy atom. The minimum absolute atomic E-state index is 0.172. The molecule has 0 atom stereocenters. The average molecular weight is 348 g/mol. The first-order chi connectivity index (χ1) is 12.3. The van der Waals surface area contributed by atoms with E-state index in [0.29, 0.717) is 28.1 Å². The number of carbonyl (C=O) groups excluding carboxylic acids is 1. The number of aromatic amines is 1. The van der Waals surface area contributed by atoms with Gasteiger partial charge in [-0.15, -0.1) is 0 Å². The number of hydrogen-bond donors (Lipinski definition) is 3. The summed E-state index contributed by atoms with van der Waals surface area (Å²) in [5.74, 6) is -0.808. The van der Waals surface area contributed by atoms with E-state index in [-0.39, 0.29) is 5.57 Å². The van der Waals surface area contributed by atoms with Crippen LogP contribution in [0.5, 0.6) is 0 Å². The predicted octanol–water partition coefficient (Wildman–Crippen LogP) is 1.64. The van der Waals surface area contributed by atoms with Crippen molar-refractivity contribution in [3.63, 3.8) is 0 Å². The number of nitrogens with two attached hydrogens (primary N) is 1. The Balaban J connectivity index is 2.06. The number of nitrogens with zero attached hydrogens (tertiary/aromatic N) is 4. The van der Waals surface area contributed by atoms with Gasteiger partial charge in [-0.1, -0.05) is 0 Å². The van der Waals surface area contributed by atoms with Crippen molar-refractivity contribution in [1.29, 1.82) is 5.26 Å². The maximum atomic E-state index is 11.3. The van der Waals surface area contributed by atoms with Crippen LogP contribution in [0.2, 0.25) is 0 Å². The fraction of sp³-hybridized carbons (Fsp3) is 0.167. The van der Waals surface area contributed by atoms with Crippen molar-refractivity contribution in [3.8, 4) is 17.3 Å². The quantitative estimate of drug-likeness (QED) is 0.483. The van der Waals surface area contributed by atoms with Gasteiger partial charge in [0.1, 0.15) is 22.8 Å². The second-order valence-electron chi connectivity index (χ2n) is 6.22. The van der Waals surface area contributed by atoms with Gasteiger partial charge in [-0.3, -0.25) is 9.78 Å². The molecule has 0 fully saturated rings. The lowest BCUT2D eigenvalue weighted by Crippen LogP contribution is -2.17. The molecular formula is C18H16N6O2. The number of primary amides is 1. The van der Waals surface area contributed by atoms with Crippen molar-refractivity contribution in [3.05, 3.63) is 47.6 Å². The molecule has 0 spiro atoms. The zero-order valence-electron chi connectivity index (χ0n) is 14.2. The third kappa shape index (κ3) is 3.29. The molecule has 4 N–H and O–H groups in total. The topological polar surface area (TPSA) is 142 Å². The summed E-state index contributed by atoms with van der Waals surface area (Å²) in [7, 11) is 0. The molecule has 0 aliphatic heterocycles. The molecule has 3 aromatic heterocycles. The summed E-state index contributed by atoms with van der Waals surface area (Å²) < 4.78 is 0. The number of nitriles is 1. The number of H-pyrrole nitrogens is 1. The first kappa shape index (κ1) is 17.3. The summed E-state index contributed by atoms with van der Waals surface area (Å²) in [4.78, 5) is 27.3. The van der Waals surface area contributed by atoms with Gasteiger partial charge in [0.15, 0.2) is 5.65 Å². The highest BCUT2D eigenvalue weighted by molar-refractivity contribution is 6.02. The number of pyridine rings is 1. The number of aromatic nitrogens is 4. The molecule has 0 aliphatic rings. The number of aliphatic hydroxyl groups is 1. The van der Waals surface area contributed by atoms with Crippen molar-refractivity contribution in [1.82, 2.24) is 19.9 Å². The van der Waals surface area contributed by atoms with Gasteiger partial charge in [-0.05, 0) is 32.1 Å². The summed E-state index contributed by atoms with van der Waals surface area (Å²) in [5, 5.41) is 19.0. The van der Waals surface area contributed by atoms with Crippen LogP contribution in [-0.4, -0.2) is 30.9 Å². The minimum Gasteiger partial charge on any atom is -0.384 e. The Morgan fingerprint density at radius 1 is 1.35 bits per heavy atom. The van der Waals surface area contributed by atoms with Crippen LogP contribution in [-0.2, 0) is 10.4 Å². The minimum atomic E-state index is -1.03. The zero-order valence-corrected chi connectivity index (χ0v) is 14.2. The van der Waals surface area contributed by atoms with E-state index in [1.807, 2.05) is 0 Å². The maximum absolute atomic E-state index is 11.3. The molecule has 1 amide bonds. The largest absolute Gasteiger partial charge is 0.384 e. The SMILES string of the molecule is CC(C)(O)c1ccc(-c2cnc3[nH]cc(/C=C(\C#N)C(N)=O)c3n2)cn1. The number of amides is 1. The molecule has 130 valence electrons. The van der Waals surface area contributed by atoms with E-state index in [1.165, 1.54) is 6.08 Å². The summed E-state index contributed by atoms with van der Waals surface area (Å²) in [6.45, 7) is 3.32. The molecule has 8 heteroatoms. The van der Waals surface area contributed by atoms with E-state index < -0.39 is 11.5 Å². The molecule has 26 heavy (non-hydrogen) atoms. The van der Waals surface area contributed by atoms with Gasteiger partial charge in [0.2, 0.25) is 0 Å². The molecule has 0 aromatic carbocycles. The first-order valence-corrected chi connectivity index (χ1v) is 7.74. The highest BCUT2D eigenvalue weighted by atomic mass is 16.3. The van der Waals surface area contributed by atoms with Gasteiger partial charge >= 0.3 is 0 Å². The van der Waals surface area contributed by atoms with Gasteiger partial charge in [-0.25, -0.2) is 9.97 Å². The van der Waals surface area contributed by atoms with Crippen LogP contribution in [0.25, 0.3) is 28.5 Å². The monoisotopic (exact) mass is 348 g/mol. The zero-order chi connectivity index (χ0) is 18.9. The molecule has 3 heterocycles. The number of hydrogen-bond acceptors (Lipinski definition) is 6. The van der Waals surface area contributed by atoms with Crippen molar-refractivity contribution in [2.75, 3.05) is 0 Å². The van der Waals surface area contributed by atoms with Crippen LogP contribution in [0.1, 0.15) is 25.1 Å². The molecule has 3 aromatic rings. The second kappa shape index (κ2) is 6.38. The predicted molar refractivity (Wildman–Crippen MR) is 95.1 cm³/mol. The van der Waals surface area contributed by atoms with E-state index in [0.717, 1.165) is 5.56 Å². The Morgan fingerprint density at radius 3 is 2.69 bits per heavy atom. The Hall–Kier alpha value is -3.57. The lowest BCUT2D eigenvalue weighted by Gasteiger charge is -2.16. The smallest absolute Gasteiger partial charge is 0.259 e. The van der Waals surface area contributed by atoms with Crippen LogP contribution < -0.4 is 5.73 Å². The summed E-state index contributed by atoms with van der Waals surface area (Å²) in [6.07, 6.45) is 6.17. The number of carbonyl (C=O) groups is 1. The van der Waals surface area contributed by atoms with Gasteiger partial charge in [-0.2, -0.15) is 5.26 Å². The molecule has 0 radical (unpaired) electrons. The number of nitrogens with one attached hydrogen (secondary N) is 1. The van der Waals surface area contributed by atoms with Gasteiger partial charge in [0, 0.05) is 23.5 Å². The Kier molecular flexibility index (Phi) is 4.24. The molecule has 0 aliphatic carbocycles. The standard InChI is InChI=1S/C18H16N6O2/c1-18(2,26)14-4-3-10(7-21-14)13-9-23-17-15(24-13)12(8-22-17)5-11(6-19)16(20)25/h3-5,7-9,26H,1-2H3,(H2,20,25)(H,22,23)/b11-5+. The lowest BCUT2D eigenvalue weighted by atomic mass is 10.0. The molecule has 0 saturated heterocycles. The van der Waals surface area contributed by atoms with E-state index in [4.69, 9.17) is 11.0 Å². The molecule has 8 nitrogen and oxygen atoms in total. The molecule has 3 rings (SSSR count). The summed E-state index contributed by atoms with van der Waals surface area (Å²) in [6, 6.07) is 5.28. The van der Waals surface area contributed by atoms with E-state index >= 15 is 0 Å². The number of fused-ring (bicyclic) bond motifs is 1. The maximum Gasteiger partial charge on any atom is 0.259 e. The Bertz CT molecular complexity index is 1050. The summed E-state index contributed by atoms with van der Waals surface area (Å²) in [5.41, 5.74) is 7.35. The van der Waals surface area contributed by atoms with Gasteiger partial charge in [0.25, 0.3) is 5.91 Å². The molecule has 0 bridgehead atoms. The normalized spacial score (nSPS) is 12.2. The average Bonchev–Trinajstić information content (AvgIpc) is 3.00. The van der Waals surface area contributed by atoms with Crippen LogP contribution in [0, 0.1) is 11.3 Å². The van der Waals surface area contributed by atoms with Crippen molar-refractivity contribution < 1.29 is 9.90 Å². The molecular weight excluding hydrogens is 332 g/mol. The fourth-order valence-electron chi connectivity index (χ4n) is 2.38. The van der Waals surface area contributed by atoms with E-state index in [2.05, 4.69) is 19.9 Å². The highest BCUT2D eigenvalue weighted by Gasteiger charge is 2.17. The van der Waals surface area contributed by atoms with Crippen molar-refractivity contribution in [2.45, 2.75) is 19.4 Å². The van der Waals surface area contributed by atoms with Crippen LogP contribution in [0.4, 0.5) is 0 Å². The third-order valence-electron chi connectivity index (χ3n) is 3.78. The van der Waals surface area contributed by atoms with Crippen LogP contribution in [0.3, 0.4) is 0 Å². The van der Waals surface area contributed by atoms with Crippen LogP contribution in [0.15, 0.2) is 36.3 Å². The Labute approximate surface area is 149 Å². The lowest BCUT2D eigenvalue weighted by molar-refractivity contribution is -0.114. The molecule has 0 unspecified atom stereocenters. The van der Waals surface area contributed by atoms with Gasteiger partial charge in [0.05, 0.1) is 17.6 Å². The van der Waals surface area contributed by atoms with Crippen LogP contribution >= 0.6 is 0 Å². The second-order valence-corrected chi connectivity index (χ2v) is 6.22. The third-order valence-corrected chi connectivity index (χ3v) is 3.78. The molecule has 0 saturated carbocycles. The summed E-state index contributed by atoms with van der Waals surface area (Å²) >= 11 is 0. The number of rotatable bonds is 4. The van der Waals surface area contributed by atoms with Crippen molar-refractivity contribution in [2.24, 2.45) is 5.73 Å². The highest BCUT2D eigenvalue weighted by Crippen LogP contribution is 2.24. The fourth-order valence-corrected chi connectivity index (χ4v) is 2.38. The van der Waals surface area contributed by atoms with Crippen molar-refractivity contribution >= 4 is 23.1 Å². The van der Waals surface area contributed by atoms with E-state index in [1.54, 1.807) is 50.6 Å². The van der Waals surface area contributed by atoms with Gasteiger partial charge < -0.3 is 15.8 Å². The first-order valence-electron chi connectivity index (χ1n) is 7.74.